The van der Waals surface area contributed by atoms with Gasteiger partial charge in [0, 0.05) is 36.0 Å². The summed E-state index contributed by atoms with van der Waals surface area (Å²) in [5.41, 5.74) is 6.18. The van der Waals surface area contributed by atoms with Crippen LogP contribution in [0.3, 0.4) is 0 Å². The molecule has 240 valence electrons. The first kappa shape index (κ1) is 30.7. The molecule has 1 saturated carbocycles. The lowest BCUT2D eigenvalue weighted by Gasteiger charge is -2.42. The number of benzene rings is 2. The molecule has 4 heterocycles. The summed E-state index contributed by atoms with van der Waals surface area (Å²) in [6, 6.07) is 2.71. The average Bonchev–Trinajstić information content (AvgIpc) is 3.54. The molecule has 2 aromatic carbocycles. The number of carbonyl (C=O) groups excluding carboxylic acids is 1. The summed E-state index contributed by atoms with van der Waals surface area (Å²) in [7, 11) is 3.67. The maximum absolute atomic E-state index is 17.1. The molecule has 0 unspecified atom stereocenters. The second-order valence-electron chi connectivity index (χ2n) is 12.1. The molecule has 4 aromatic rings. The number of halogens is 3. The van der Waals surface area contributed by atoms with Crippen molar-refractivity contribution in [1.29, 1.82) is 0 Å². The molecule has 7 rings (SSSR count). The van der Waals surface area contributed by atoms with E-state index in [2.05, 4.69) is 20.0 Å². The number of fused-ring (bicyclic) bond motifs is 1. The van der Waals surface area contributed by atoms with Crippen molar-refractivity contribution in [3.05, 3.63) is 40.2 Å². The molecule has 10 nitrogen and oxygen atoms in total. The Bertz CT molecular complexity index is 1940. The van der Waals surface area contributed by atoms with Crippen LogP contribution in [-0.4, -0.2) is 72.8 Å². The topological polar surface area (TPSA) is 110 Å². The van der Waals surface area contributed by atoms with Crippen molar-refractivity contribution in [3.8, 4) is 22.9 Å². The molecule has 3 N–H and O–H groups in total. The molecule has 2 atom stereocenters. The summed E-state index contributed by atoms with van der Waals surface area (Å²) in [6.45, 7) is 11.2. The van der Waals surface area contributed by atoms with Gasteiger partial charge >= 0.3 is 6.01 Å². The highest BCUT2D eigenvalue weighted by molar-refractivity contribution is 7.23. The van der Waals surface area contributed by atoms with Crippen LogP contribution in [-0.2, 0) is 4.79 Å². The van der Waals surface area contributed by atoms with E-state index in [4.69, 9.17) is 38.4 Å². The number of rotatable bonds is 6. The lowest BCUT2D eigenvalue weighted by Crippen LogP contribution is -2.50. The van der Waals surface area contributed by atoms with E-state index in [9.17, 15) is 9.18 Å². The first-order valence-corrected chi connectivity index (χ1v) is 16.4. The van der Waals surface area contributed by atoms with Crippen molar-refractivity contribution in [1.82, 2.24) is 20.2 Å². The lowest BCUT2D eigenvalue weighted by atomic mass is 9.78. The molecule has 1 aliphatic carbocycles. The molecule has 2 fully saturated rings. The molecular formula is C32H32ClF2N7O3S. The lowest BCUT2D eigenvalue weighted by molar-refractivity contribution is -0.127. The zero-order valence-electron chi connectivity index (χ0n) is 25.5. The fraction of sp³-hybridized carbons (Fsp3) is 0.438. The molecule has 0 radical (unpaired) electrons. The van der Waals surface area contributed by atoms with E-state index in [1.165, 1.54) is 12.1 Å². The second kappa shape index (κ2) is 11.7. The molecule has 2 aliphatic heterocycles. The van der Waals surface area contributed by atoms with E-state index in [-0.39, 0.29) is 90.8 Å². The Labute approximate surface area is 273 Å². The van der Waals surface area contributed by atoms with E-state index in [0.717, 1.165) is 30.7 Å². The Morgan fingerprint density at radius 2 is 2.07 bits per heavy atom. The predicted molar refractivity (Wildman–Crippen MR) is 175 cm³/mol. The summed E-state index contributed by atoms with van der Waals surface area (Å²) >= 11 is 7.93. The number of amides is 1. The highest BCUT2D eigenvalue weighted by Crippen LogP contribution is 2.53. The molecule has 1 amide bonds. The molecule has 14 heteroatoms. The van der Waals surface area contributed by atoms with Gasteiger partial charge in [0.25, 0.3) is 0 Å². The number of anilines is 2. The molecule has 2 aromatic heterocycles. The number of nitrogen functional groups attached to an aromatic ring is 1. The van der Waals surface area contributed by atoms with Crippen LogP contribution in [0.5, 0.6) is 11.8 Å². The second-order valence-corrected chi connectivity index (χ2v) is 13.5. The first-order valence-electron chi connectivity index (χ1n) is 15.2. The standard InChI is InChI=1S/C32H32ClF2N7O3S/c1-14(19-6-5-9-41(19)4)45-32-39-25-22-27(44-11-10-42(30(22)40-32)16-12-15(13-16)31(43)38-3)23(33)20(24(25)35)17-7-8-18(34)28-21(17)26(37-2)29(36)46-28/h7-8,14-16,19H,5-6,9-13,36H2,1,3-4H3,(H,38,43)/t14-,15?,16?,19-/m0/s1. The number of aromatic nitrogens is 2. The summed E-state index contributed by atoms with van der Waals surface area (Å²) < 4.78 is 44.7. The molecule has 3 aliphatic rings. The van der Waals surface area contributed by atoms with Gasteiger partial charge in [0.1, 0.15) is 29.9 Å². The Morgan fingerprint density at radius 3 is 2.76 bits per heavy atom. The van der Waals surface area contributed by atoms with Gasteiger partial charge in [0.05, 0.1) is 33.2 Å². The fourth-order valence-electron chi connectivity index (χ4n) is 7.10. The number of hydrogen-bond donors (Lipinski definition) is 2. The zero-order chi connectivity index (χ0) is 32.4. The fourth-order valence-corrected chi connectivity index (χ4v) is 8.37. The van der Waals surface area contributed by atoms with Gasteiger partial charge in [-0.25, -0.2) is 13.6 Å². The normalized spacial score (nSPS) is 21.8. The van der Waals surface area contributed by atoms with Gasteiger partial charge in [-0.05, 0) is 57.8 Å². The quantitative estimate of drug-likeness (QED) is 0.235. The number of hydrogen-bond acceptors (Lipinski definition) is 9. The number of nitrogens with zero attached hydrogens (tertiary/aromatic N) is 5. The molecule has 0 bridgehead atoms. The van der Waals surface area contributed by atoms with Gasteiger partial charge < -0.3 is 25.4 Å². The smallest absolute Gasteiger partial charge is 0.319 e. The summed E-state index contributed by atoms with van der Waals surface area (Å²) in [4.78, 5) is 29.6. The summed E-state index contributed by atoms with van der Waals surface area (Å²) in [5, 5.41) is 3.26. The zero-order valence-corrected chi connectivity index (χ0v) is 27.1. The molecule has 46 heavy (non-hydrogen) atoms. The van der Waals surface area contributed by atoms with E-state index in [0.29, 0.717) is 30.6 Å². The predicted octanol–water partition coefficient (Wildman–Crippen LogP) is 6.16. The van der Waals surface area contributed by atoms with Crippen molar-refractivity contribution < 1.29 is 23.0 Å². The number of nitrogens with one attached hydrogen (secondary N) is 1. The number of thiophene rings is 1. The van der Waals surface area contributed by atoms with Crippen LogP contribution in [0.4, 0.5) is 25.3 Å². The van der Waals surface area contributed by atoms with Gasteiger partial charge in [0.15, 0.2) is 11.6 Å². The van der Waals surface area contributed by atoms with Crippen LogP contribution in [0.2, 0.25) is 5.02 Å². The number of likely N-dealkylation sites (N-methyl/N-ethyl adjacent to an activating group) is 1. The van der Waals surface area contributed by atoms with Crippen molar-refractivity contribution in [2.24, 2.45) is 5.92 Å². The molecule has 0 spiro atoms. The molecule has 1 saturated heterocycles. The third kappa shape index (κ3) is 4.77. The Morgan fingerprint density at radius 1 is 1.28 bits per heavy atom. The summed E-state index contributed by atoms with van der Waals surface area (Å²) in [5.74, 6) is -0.909. The third-order valence-corrected chi connectivity index (χ3v) is 10.9. The highest BCUT2D eigenvalue weighted by Gasteiger charge is 2.41. The van der Waals surface area contributed by atoms with Crippen molar-refractivity contribution in [2.75, 3.05) is 44.4 Å². The molecular weight excluding hydrogens is 636 g/mol. The van der Waals surface area contributed by atoms with Crippen LogP contribution >= 0.6 is 22.9 Å². The van der Waals surface area contributed by atoms with Crippen LogP contribution in [0.25, 0.3) is 37.0 Å². The SMILES string of the molecule is [C-]#[N+]c1c(N)sc2c(F)ccc(-c3c(Cl)c4c5c(nc(O[C@@H](C)[C@@H]6CCCN6C)nc5c3F)N(C3CC(C(=O)NC)C3)CCO4)c12. The number of nitrogens with two attached hydrogens (primary N) is 1. The van der Waals surface area contributed by atoms with Gasteiger partial charge in [-0.1, -0.05) is 17.7 Å². The van der Waals surface area contributed by atoms with Crippen LogP contribution < -0.4 is 25.4 Å². The largest absolute Gasteiger partial charge is 0.489 e. The Hall–Kier alpha value is -3.99. The number of ether oxygens (including phenoxy) is 2. The first-order chi connectivity index (χ1) is 22.1. The van der Waals surface area contributed by atoms with Crippen LogP contribution in [0.1, 0.15) is 32.6 Å². The third-order valence-electron chi connectivity index (χ3n) is 9.55. The minimum atomic E-state index is -0.779. The van der Waals surface area contributed by atoms with Crippen molar-refractivity contribution in [2.45, 2.75) is 50.8 Å². The Kier molecular flexibility index (Phi) is 7.77. The van der Waals surface area contributed by atoms with E-state index < -0.39 is 11.6 Å². The van der Waals surface area contributed by atoms with Gasteiger partial charge in [-0.2, -0.15) is 9.97 Å². The number of likely N-dealkylation sites (tertiary alicyclic amines) is 1. The van der Waals surface area contributed by atoms with Gasteiger partial charge in [-0.15, -0.1) is 11.3 Å². The van der Waals surface area contributed by atoms with Crippen LogP contribution in [0.15, 0.2) is 12.1 Å². The van der Waals surface area contributed by atoms with E-state index in [1.54, 1.807) is 7.05 Å². The maximum atomic E-state index is 17.1. The van der Waals surface area contributed by atoms with Crippen molar-refractivity contribution >= 4 is 66.3 Å². The minimum absolute atomic E-state index is 0.00775. The van der Waals surface area contributed by atoms with Gasteiger partial charge in [-0.3, -0.25) is 9.69 Å². The Balaban J connectivity index is 1.44. The summed E-state index contributed by atoms with van der Waals surface area (Å²) in [6.07, 6.45) is 2.91. The maximum Gasteiger partial charge on any atom is 0.319 e. The number of carbonyl (C=O) groups is 1. The van der Waals surface area contributed by atoms with E-state index in [1.807, 2.05) is 18.9 Å². The van der Waals surface area contributed by atoms with Crippen molar-refractivity contribution in [3.63, 3.8) is 0 Å². The average molecular weight is 668 g/mol. The van der Waals surface area contributed by atoms with Crippen LogP contribution in [0, 0.1) is 24.1 Å². The highest BCUT2D eigenvalue weighted by atomic mass is 35.5. The van der Waals surface area contributed by atoms with Gasteiger partial charge in [0.2, 0.25) is 11.6 Å². The minimum Gasteiger partial charge on any atom is -0.489 e. The monoisotopic (exact) mass is 667 g/mol. The van der Waals surface area contributed by atoms with E-state index >= 15 is 4.39 Å².